The molecule has 4 nitrogen and oxygen atoms in total. The molecule has 4 heteroatoms. The largest absolute Gasteiger partial charge is 0.463 e. The molecule has 1 unspecified atom stereocenters. The fraction of sp³-hybridized carbons (Fsp3) is 0.240. The van der Waals surface area contributed by atoms with Gasteiger partial charge >= 0.3 is 0 Å². The van der Waals surface area contributed by atoms with E-state index >= 15 is 0 Å². The van der Waals surface area contributed by atoms with Crippen molar-refractivity contribution in [1.82, 2.24) is 9.88 Å². The molecule has 0 fully saturated rings. The van der Waals surface area contributed by atoms with Gasteiger partial charge in [-0.3, -0.25) is 4.79 Å². The summed E-state index contributed by atoms with van der Waals surface area (Å²) in [6.45, 7) is 2.71. The number of aryl methyl sites for hydroxylation is 2. The van der Waals surface area contributed by atoms with Gasteiger partial charge in [0.25, 0.3) is 5.91 Å². The summed E-state index contributed by atoms with van der Waals surface area (Å²) in [6.07, 6.45) is 4.82. The molecule has 1 amide bonds. The molecule has 1 N–H and O–H groups in total. The zero-order chi connectivity index (χ0) is 19.8. The van der Waals surface area contributed by atoms with E-state index in [1.54, 1.807) is 6.26 Å². The van der Waals surface area contributed by atoms with Crippen LogP contribution in [0.2, 0.25) is 0 Å². The highest BCUT2D eigenvalue weighted by Gasteiger charge is 2.24. The van der Waals surface area contributed by atoms with Crippen molar-refractivity contribution >= 4 is 17.0 Å². The van der Waals surface area contributed by atoms with Crippen LogP contribution in [0.5, 0.6) is 0 Å². The van der Waals surface area contributed by atoms with Crippen LogP contribution in [0.1, 0.15) is 51.6 Å². The second-order valence-corrected chi connectivity index (χ2v) is 7.89. The van der Waals surface area contributed by atoms with Gasteiger partial charge in [0.15, 0.2) is 5.58 Å². The van der Waals surface area contributed by atoms with Crippen molar-refractivity contribution in [2.75, 3.05) is 0 Å². The second-order valence-electron chi connectivity index (χ2n) is 7.89. The quantitative estimate of drug-likeness (QED) is 0.512. The fourth-order valence-electron chi connectivity index (χ4n) is 4.35. The van der Waals surface area contributed by atoms with Gasteiger partial charge in [0.05, 0.1) is 17.8 Å². The summed E-state index contributed by atoms with van der Waals surface area (Å²) in [4.78, 5) is 13.3. The van der Waals surface area contributed by atoms with Crippen molar-refractivity contribution < 1.29 is 9.21 Å². The minimum atomic E-state index is -0.0507. The number of hydrogen-bond acceptors (Lipinski definition) is 2. The molecule has 29 heavy (non-hydrogen) atoms. The van der Waals surface area contributed by atoms with Gasteiger partial charge < -0.3 is 14.3 Å². The highest BCUT2D eigenvalue weighted by Crippen LogP contribution is 2.30. The van der Waals surface area contributed by atoms with Crippen molar-refractivity contribution in [3.05, 3.63) is 94.9 Å². The van der Waals surface area contributed by atoms with E-state index in [9.17, 15) is 4.79 Å². The number of fused-ring (bicyclic) bond motifs is 2. The lowest BCUT2D eigenvalue weighted by Gasteiger charge is -2.26. The van der Waals surface area contributed by atoms with Gasteiger partial charge in [-0.25, -0.2) is 0 Å². The Morgan fingerprint density at radius 3 is 2.83 bits per heavy atom. The van der Waals surface area contributed by atoms with Crippen LogP contribution in [0, 0.1) is 6.92 Å². The maximum Gasteiger partial charge on any atom is 0.268 e. The Hall–Kier alpha value is -3.27. The molecule has 1 aliphatic carbocycles. The molecule has 2 aromatic heterocycles. The molecule has 0 aliphatic heterocycles. The summed E-state index contributed by atoms with van der Waals surface area (Å²) in [6, 6.07) is 20.7. The molecule has 0 spiro atoms. The number of rotatable bonds is 4. The average Bonchev–Trinajstić information content (AvgIpc) is 3.32. The first kappa shape index (κ1) is 17.8. The van der Waals surface area contributed by atoms with Crippen LogP contribution in [-0.4, -0.2) is 10.5 Å². The Labute approximate surface area is 170 Å². The summed E-state index contributed by atoms with van der Waals surface area (Å²) < 4.78 is 7.64. The maximum atomic E-state index is 13.3. The number of nitrogens with zero attached hydrogens (tertiary/aromatic N) is 1. The second kappa shape index (κ2) is 7.28. The highest BCUT2D eigenvalue weighted by atomic mass is 16.3. The SMILES string of the molecule is Cc1ccc(Cn2c(C(=O)NC3CCCc4ccccc43)cc3occc32)cc1. The van der Waals surface area contributed by atoms with Crippen LogP contribution in [-0.2, 0) is 13.0 Å². The van der Waals surface area contributed by atoms with E-state index in [0.717, 1.165) is 35.9 Å². The summed E-state index contributed by atoms with van der Waals surface area (Å²) in [5.41, 5.74) is 7.30. The van der Waals surface area contributed by atoms with E-state index in [1.165, 1.54) is 16.7 Å². The minimum absolute atomic E-state index is 0.0507. The molecule has 0 saturated heterocycles. The predicted octanol–water partition coefficient (Wildman–Crippen LogP) is 5.40. The van der Waals surface area contributed by atoms with E-state index in [2.05, 4.69) is 60.8 Å². The third-order valence-corrected chi connectivity index (χ3v) is 5.89. The molecule has 0 saturated carbocycles. The van der Waals surface area contributed by atoms with Crippen molar-refractivity contribution in [3.8, 4) is 0 Å². The average molecular weight is 384 g/mol. The number of furan rings is 1. The molecule has 1 atom stereocenters. The molecule has 146 valence electrons. The Kier molecular flexibility index (Phi) is 4.47. The van der Waals surface area contributed by atoms with Gasteiger partial charge in [0, 0.05) is 18.7 Å². The van der Waals surface area contributed by atoms with E-state index < -0.39 is 0 Å². The van der Waals surface area contributed by atoms with E-state index in [1.807, 2.05) is 16.7 Å². The Balaban J connectivity index is 1.46. The number of nitrogens with one attached hydrogen (secondary N) is 1. The number of benzene rings is 2. The van der Waals surface area contributed by atoms with Crippen LogP contribution in [0.15, 0.2) is 71.3 Å². The van der Waals surface area contributed by atoms with Crippen LogP contribution < -0.4 is 5.32 Å². The molecule has 2 aromatic carbocycles. The van der Waals surface area contributed by atoms with Crippen molar-refractivity contribution in [2.45, 2.75) is 38.8 Å². The molecule has 1 aliphatic rings. The maximum absolute atomic E-state index is 13.3. The molecular formula is C25H24N2O2. The zero-order valence-corrected chi connectivity index (χ0v) is 16.5. The minimum Gasteiger partial charge on any atom is -0.463 e. The normalized spacial score (nSPS) is 16.0. The third-order valence-electron chi connectivity index (χ3n) is 5.89. The van der Waals surface area contributed by atoms with Crippen LogP contribution in [0.3, 0.4) is 0 Å². The van der Waals surface area contributed by atoms with Crippen LogP contribution in [0.25, 0.3) is 11.1 Å². The fourth-order valence-corrected chi connectivity index (χ4v) is 4.35. The van der Waals surface area contributed by atoms with E-state index in [0.29, 0.717) is 12.2 Å². The monoisotopic (exact) mass is 384 g/mol. The first-order valence-electron chi connectivity index (χ1n) is 10.2. The Bertz CT molecular complexity index is 1170. The molecule has 2 heterocycles. The van der Waals surface area contributed by atoms with Crippen molar-refractivity contribution in [2.24, 2.45) is 0 Å². The molecule has 0 radical (unpaired) electrons. The first-order chi connectivity index (χ1) is 14.2. The molecule has 4 aromatic rings. The number of hydrogen-bond donors (Lipinski definition) is 1. The van der Waals surface area contributed by atoms with Gasteiger partial charge in [-0.15, -0.1) is 0 Å². The smallest absolute Gasteiger partial charge is 0.268 e. The Morgan fingerprint density at radius 1 is 1.14 bits per heavy atom. The van der Waals surface area contributed by atoms with E-state index in [4.69, 9.17) is 4.42 Å². The molecular weight excluding hydrogens is 360 g/mol. The van der Waals surface area contributed by atoms with E-state index in [-0.39, 0.29) is 11.9 Å². The number of amides is 1. The molecule has 0 bridgehead atoms. The topological polar surface area (TPSA) is 47.2 Å². The lowest BCUT2D eigenvalue weighted by molar-refractivity contribution is 0.0924. The van der Waals surface area contributed by atoms with Gasteiger partial charge in [-0.1, -0.05) is 54.1 Å². The van der Waals surface area contributed by atoms with Gasteiger partial charge in [-0.2, -0.15) is 0 Å². The molecule has 5 rings (SSSR count). The van der Waals surface area contributed by atoms with Gasteiger partial charge in [0.1, 0.15) is 5.69 Å². The number of carbonyl (C=O) groups is 1. The first-order valence-corrected chi connectivity index (χ1v) is 10.2. The zero-order valence-electron chi connectivity index (χ0n) is 16.5. The van der Waals surface area contributed by atoms with Crippen molar-refractivity contribution in [3.63, 3.8) is 0 Å². The summed E-state index contributed by atoms with van der Waals surface area (Å²) in [5, 5.41) is 3.28. The number of carbonyl (C=O) groups excluding carboxylic acids is 1. The lowest BCUT2D eigenvalue weighted by atomic mass is 9.87. The summed E-state index contributed by atoms with van der Waals surface area (Å²) in [5.74, 6) is -0.0507. The highest BCUT2D eigenvalue weighted by molar-refractivity contribution is 5.97. The third kappa shape index (κ3) is 3.35. The summed E-state index contributed by atoms with van der Waals surface area (Å²) in [7, 11) is 0. The van der Waals surface area contributed by atoms with Gasteiger partial charge in [0.2, 0.25) is 0 Å². The van der Waals surface area contributed by atoms with Gasteiger partial charge in [-0.05, 0) is 42.9 Å². The van der Waals surface area contributed by atoms with Crippen molar-refractivity contribution in [1.29, 1.82) is 0 Å². The van der Waals surface area contributed by atoms with Crippen LogP contribution >= 0.6 is 0 Å². The summed E-state index contributed by atoms with van der Waals surface area (Å²) >= 11 is 0. The van der Waals surface area contributed by atoms with Crippen LogP contribution in [0.4, 0.5) is 0 Å². The Morgan fingerprint density at radius 2 is 1.97 bits per heavy atom. The lowest BCUT2D eigenvalue weighted by Crippen LogP contribution is -2.32. The standard InChI is InChI=1S/C25H24N2O2/c1-17-9-11-18(12-10-17)16-27-22-13-14-29-24(22)15-23(27)25(28)26-21-8-4-6-19-5-2-3-7-20(19)21/h2-3,5,7,9-15,21H,4,6,8,16H2,1H3,(H,26,28). The number of aromatic nitrogens is 1. The predicted molar refractivity (Wildman–Crippen MR) is 114 cm³/mol.